The number of hydrogen-bond donors (Lipinski definition) is 1. The van der Waals surface area contributed by atoms with Gasteiger partial charge in [-0.05, 0) is 38.1 Å². The van der Waals surface area contributed by atoms with Gasteiger partial charge >= 0.3 is 0 Å². The molecule has 1 aromatic heterocycles. The highest BCUT2D eigenvalue weighted by Crippen LogP contribution is 2.20. The lowest BCUT2D eigenvalue weighted by Crippen LogP contribution is -2.10. The van der Waals surface area contributed by atoms with Crippen LogP contribution in [0.15, 0.2) is 28.7 Å². The van der Waals surface area contributed by atoms with Crippen molar-refractivity contribution in [3.63, 3.8) is 0 Å². The molecule has 1 heterocycles. The fourth-order valence-corrected chi connectivity index (χ4v) is 1.89. The second-order valence-corrected chi connectivity index (χ2v) is 4.77. The van der Waals surface area contributed by atoms with Crippen LogP contribution in [0.2, 0.25) is 0 Å². The molecule has 2 rings (SSSR count). The van der Waals surface area contributed by atoms with Crippen LogP contribution in [0.4, 0.5) is 4.39 Å². The van der Waals surface area contributed by atoms with E-state index in [4.69, 9.17) is 9.15 Å². The zero-order valence-corrected chi connectivity index (χ0v) is 12.1. The monoisotopic (exact) mass is 277 g/mol. The molecule has 0 aliphatic carbocycles. The molecule has 0 unspecified atom stereocenters. The van der Waals surface area contributed by atoms with Gasteiger partial charge in [-0.3, -0.25) is 0 Å². The van der Waals surface area contributed by atoms with E-state index in [1.165, 1.54) is 6.07 Å². The van der Waals surface area contributed by atoms with Crippen molar-refractivity contribution in [3.8, 4) is 5.75 Å². The van der Waals surface area contributed by atoms with Crippen LogP contribution in [-0.2, 0) is 13.2 Å². The number of furan rings is 1. The number of hydrogen-bond acceptors (Lipinski definition) is 3. The molecule has 108 valence electrons. The first-order valence-electron chi connectivity index (χ1n) is 6.78. The third-order valence-corrected chi connectivity index (χ3v) is 3.16. The summed E-state index contributed by atoms with van der Waals surface area (Å²) in [7, 11) is 0. The molecule has 2 aromatic rings. The SMILES string of the molecule is CCNCc1cc(COc2ccc(C)c(F)c2)c(C)o1. The van der Waals surface area contributed by atoms with E-state index in [1.807, 2.05) is 19.9 Å². The predicted octanol–water partition coefficient (Wildman–Crippen LogP) is 3.72. The average molecular weight is 277 g/mol. The quantitative estimate of drug-likeness (QED) is 0.873. The number of rotatable bonds is 6. The minimum atomic E-state index is -0.251. The van der Waals surface area contributed by atoms with Gasteiger partial charge < -0.3 is 14.5 Å². The van der Waals surface area contributed by atoms with Crippen LogP contribution < -0.4 is 10.1 Å². The Morgan fingerprint density at radius 2 is 2.05 bits per heavy atom. The molecule has 0 atom stereocenters. The van der Waals surface area contributed by atoms with Gasteiger partial charge in [0.25, 0.3) is 0 Å². The largest absolute Gasteiger partial charge is 0.489 e. The molecule has 0 aliphatic rings. The maximum absolute atomic E-state index is 13.4. The van der Waals surface area contributed by atoms with Crippen LogP contribution >= 0.6 is 0 Å². The molecule has 0 spiro atoms. The van der Waals surface area contributed by atoms with Crippen LogP contribution in [0.3, 0.4) is 0 Å². The van der Waals surface area contributed by atoms with Crippen LogP contribution in [0.5, 0.6) is 5.75 Å². The van der Waals surface area contributed by atoms with Crippen molar-refractivity contribution in [2.45, 2.75) is 33.9 Å². The van der Waals surface area contributed by atoms with Crippen molar-refractivity contribution < 1.29 is 13.5 Å². The van der Waals surface area contributed by atoms with Gasteiger partial charge in [0.2, 0.25) is 0 Å². The Bertz CT molecular complexity index is 578. The van der Waals surface area contributed by atoms with Crippen molar-refractivity contribution >= 4 is 0 Å². The summed E-state index contributed by atoms with van der Waals surface area (Å²) in [6.07, 6.45) is 0. The summed E-state index contributed by atoms with van der Waals surface area (Å²) in [5, 5.41) is 3.21. The van der Waals surface area contributed by atoms with E-state index in [1.54, 1.807) is 19.1 Å². The fourth-order valence-electron chi connectivity index (χ4n) is 1.89. The second-order valence-electron chi connectivity index (χ2n) is 4.77. The van der Waals surface area contributed by atoms with Crippen LogP contribution in [0.1, 0.15) is 29.6 Å². The highest BCUT2D eigenvalue weighted by Gasteiger charge is 2.08. The van der Waals surface area contributed by atoms with E-state index in [2.05, 4.69) is 5.32 Å². The Labute approximate surface area is 118 Å². The number of benzene rings is 1. The fraction of sp³-hybridized carbons (Fsp3) is 0.375. The van der Waals surface area contributed by atoms with Crippen molar-refractivity contribution in [1.82, 2.24) is 5.32 Å². The molecule has 0 saturated heterocycles. The minimum absolute atomic E-state index is 0.251. The zero-order valence-electron chi connectivity index (χ0n) is 12.1. The van der Waals surface area contributed by atoms with Gasteiger partial charge in [-0.1, -0.05) is 13.0 Å². The molecule has 0 aliphatic heterocycles. The van der Waals surface area contributed by atoms with E-state index in [0.717, 1.165) is 23.6 Å². The van der Waals surface area contributed by atoms with Crippen LogP contribution in [0, 0.1) is 19.7 Å². The molecule has 1 N–H and O–H groups in total. The second kappa shape index (κ2) is 6.57. The van der Waals surface area contributed by atoms with Crippen molar-refractivity contribution in [3.05, 3.63) is 52.7 Å². The Hall–Kier alpha value is -1.81. The zero-order chi connectivity index (χ0) is 14.5. The number of nitrogens with one attached hydrogen (secondary N) is 1. The number of aryl methyl sites for hydroxylation is 2. The van der Waals surface area contributed by atoms with Gasteiger partial charge in [-0.2, -0.15) is 0 Å². The van der Waals surface area contributed by atoms with E-state index >= 15 is 0 Å². The Morgan fingerprint density at radius 1 is 1.25 bits per heavy atom. The van der Waals surface area contributed by atoms with Gasteiger partial charge in [0.15, 0.2) is 0 Å². The van der Waals surface area contributed by atoms with Crippen molar-refractivity contribution in [2.75, 3.05) is 6.54 Å². The summed E-state index contributed by atoms with van der Waals surface area (Å²) in [6.45, 7) is 7.66. The molecule has 0 radical (unpaired) electrons. The van der Waals surface area contributed by atoms with Gasteiger partial charge in [0.1, 0.15) is 29.7 Å². The maximum Gasteiger partial charge on any atom is 0.129 e. The summed E-state index contributed by atoms with van der Waals surface area (Å²) in [6, 6.07) is 6.86. The highest BCUT2D eigenvalue weighted by molar-refractivity contribution is 5.29. The predicted molar refractivity (Wildman–Crippen MR) is 76.3 cm³/mol. The third-order valence-electron chi connectivity index (χ3n) is 3.16. The first-order valence-corrected chi connectivity index (χ1v) is 6.78. The lowest BCUT2D eigenvalue weighted by Gasteiger charge is -2.06. The molecular weight excluding hydrogens is 257 g/mol. The topological polar surface area (TPSA) is 34.4 Å². The summed E-state index contributed by atoms with van der Waals surface area (Å²) in [4.78, 5) is 0. The summed E-state index contributed by atoms with van der Waals surface area (Å²) < 4.78 is 24.7. The third kappa shape index (κ3) is 3.61. The van der Waals surface area contributed by atoms with Crippen molar-refractivity contribution in [1.29, 1.82) is 0 Å². The summed E-state index contributed by atoms with van der Waals surface area (Å²) in [5.41, 5.74) is 1.60. The summed E-state index contributed by atoms with van der Waals surface area (Å²) in [5.74, 6) is 2.00. The van der Waals surface area contributed by atoms with Crippen molar-refractivity contribution in [2.24, 2.45) is 0 Å². The van der Waals surface area contributed by atoms with Crippen LogP contribution in [0.25, 0.3) is 0 Å². The Balaban J connectivity index is 1.99. The van der Waals surface area contributed by atoms with Gasteiger partial charge in [0.05, 0.1) is 6.54 Å². The lowest BCUT2D eigenvalue weighted by molar-refractivity contribution is 0.301. The Kier molecular flexibility index (Phi) is 4.79. The maximum atomic E-state index is 13.4. The van der Waals surface area contributed by atoms with Gasteiger partial charge in [-0.25, -0.2) is 4.39 Å². The lowest BCUT2D eigenvalue weighted by atomic mass is 10.2. The van der Waals surface area contributed by atoms with Gasteiger partial charge in [-0.15, -0.1) is 0 Å². The molecular formula is C16H20FNO2. The molecule has 1 aromatic carbocycles. The minimum Gasteiger partial charge on any atom is -0.489 e. The Morgan fingerprint density at radius 3 is 2.75 bits per heavy atom. The first kappa shape index (κ1) is 14.6. The van der Waals surface area contributed by atoms with Crippen LogP contribution in [-0.4, -0.2) is 6.54 Å². The molecule has 0 saturated carbocycles. The first-order chi connectivity index (χ1) is 9.60. The van der Waals surface area contributed by atoms with E-state index < -0.39 is 0 Å². The molecule has 0 fully saturated rings. The smallest absolute Gasteiger partial charge is 0.129 e. The molecule has 0 bridgehead atoms. The standard InChI is InChI=1S/C16H20FNO2/c1-4-18-9-15-7-13(12(3)20-15)10-19-14-6-5-11(2)16(17)8-14/h5-8,18H,4,9-10H2,1-3H3. The summed E-state index contributed by atoms with van der Waals surface area (Å²) >= 11 is 0. The molecule has 4 heteroatoms. The normalized spacial score (nSPS) is 10.8. The van der Waals surface area contributed by atoms with Gasteiger partial charge in [0, 0.05) is 11.6 Å². The van der Waals surface area contributed by atoms with E-state index in [0.29, 0.717) is 24.5 Å². The number of halogens is 1. The van der Waals surface area contributed by atoms with E-state index in [-0.39, 0.29) is 5.82 Å². The highest BCUT2D eigenvalue weighted by atomic mass is 19.1. The van der Waals surface area contributed by atoms with E-state index in [9.17, 15) is 4.39 Å². The number of ether oxygens (including phenoxy) is 1. The average Bonchev–Trinajstić information content (AvgIpc) is 2.78. The molecule has 20 heavy (non-hydrogen) atoms. The molecule has 3 nitrogen and oxygen atoms in total. The molecule has 0 amide bonds.